The van der Waals surface area contributed by atoms with E-state index in [0.717, 1.165) is 61.0 Å². The number of aryl methyl sites for hydroxylation is 1. The summed E-state index contributed by atoms with van der Waals surface area (Å²) in [4.78, 5) is 26.7. The molecule has 7 nitrogen and oxygen atoms in total. The maximum Gasteiger partial charge on any atom is 0.340 e. The first-order chi connectivity index (χ1) is 18.9. The van der Waals surface area contributed by atoms with Gasteiger partial charge in [-0.15, -0.1) is 0 Å². The van der Waals surface area contributed by atoms with E-state index < -0.39 is 17.7 Å². The Kier molecular flexibility index (Phi) is 7.64. The van der Waals surface area contributed by atoms with Crippen LogP contribution in [0.2, 0.25) is 0 Å². The fourth-order valence-electron chi connectivity index (χ4n) is 6.00. The largest absolute Gasteiger partial charge is 0.493 e. The molecule has 2 aromatic carbocycles. The summed E-state index contributed by atoms with van der Waals surface area (Å²) < 4.78 is 33.7. The highest BCUT2D eigenvalue weighted by molar-refractivity contribution is 6.06. The Morgan fingerprint density at radius 1 is 1.05 bits per heavy atom. The van der Waals surface area contributed by atoms with Crippen LogP contribution in [-0.4, -0.2) is 43.3 Å². The van der Waals surface area contributed by atoms with Gasteiger partial charge in [0.2, 0.25) is 0 Å². The van der Waals surface area contributed by atoms with Gasteiger partial charge >= 0.3 is 5.97 Å². The molecule has 1 aromatic heterocycles. The molecule has 1 N–H and O–H groups in total. The summed E-state index contributed by atoms with van der Waals surface area (Å²) >= 11 is 0. The number of carbonyl (C=O) groups is 2. The molecule has 1 saturated carbocycles. The molecule has 1 aliphatic heterocycles. The summed E-state index contributed by atoms with van der Waals surface area (Å²) in [5, 5.41) is 3.01. The summed E-state index contributed by atoms with van der Waals surface area (Å²) in [7, 11) is 3.17. The third kappa shape index (κ3) is 4.88. The van der Waals surface area contributed by atoms with Crippen LogP contribution in [0.25, 0.3) is 22.4 Å². The Hall–Kier alpha value is -3.81. The number of halogens is 1. The first kappa shape index (κ1) is 26.8. The molecule has 2 heterocycles. The van der Waals surface area contributed by atoms with Gasteiger partial charge in [-0.05, 0) is 68.5 Å². The topological polar surface area (TPSA) is 78.8 Å². The molecular formula is C31H35FN2O5. The molecule has 0 radical (unpaired) electrons. The maximum atomic E-state index is 15.0. The summed E-state index contributed by atoms with van der Waals surface area (Å²) in [6, 6.07) is 8.37. The van der Waals surface area contributed by atoms with Gasteiger partial charge in [0.25, 0.3) is 5.91 Å². The van der Waals surface area contributed by atoms with Gasteiger partial charge in [-0.1, -0.05) is 25.3 Å². The van der Waals surface area contributed by atoms with Crippen molar-refractivity contribution in [2.24, 2.45) is 0 Å². The van der Waals surface area contributed by atoms with Crippen molar-refractivity contribution >= 4 is 11.9 Å². The minimum atomic E-state index is -0.589. The molecule has 0 atom stereocenters. The van der Waals surface area contributed by atoms with Crippen LogP contribution < -0.4 is 14.8 Å². The zero-order chi connectivity index (χ0) is 27.7. The molecule has 1 aliphatic carbocycles. The van der Waals surface area contributed by atoms with Crippen LogP contribution in [0.5, 0.6) is 11.5 Å². The highest BCUT2D eigenvalue weighted by Gasteiger charge is 2.33. The minimum Gasteiger partial charge on any atom is -0.493 e. The molecule has 0 spiro atoms. The van der Waals surface area contributed by atoms with Gasteiger partial charge in [0.05, 0.1) is 37.6 Å². The minimum absolute atomic E-state index is 0.0248. The van der Waals surface area contributed by atoms with Gasteiger partial charge in [0.15, 0.2) is 11.5 Å². The first-order valence-electron chi connectivity index (χ1n) is 13.6. The Labute approximate surface area is 228 Å². The van der Waals surface area contributed by atoms with Crippen LogP contribution in [0.3, 0.4) is 0 Å². The second-order valence-corrected chi connectivity index (χ2v) is 10.2. The molecule has 0 bridgehead atoms. The third-order valence-electron chi connectivity index (χ3n) is 7.91. The van der Waals surface area contributed by atoms with Gasteiger partial charge in [-0.3, -0.25) is 4.79 Å². The Balaban J connectivity index is 1.66. The molecule has 1 amide bonds. The molecule has 0 unspecified atom stereocenters. The molecule has 5 rings (SSSR count). The van der Waals surface area contributed by atoms with E-state index in [-0.39, 0.29) is 18.2 Å². The van der Waals surface area contributed by atoms with Gasteiger partial charge < -0.3 is 24.1 Å². The number of amides is 1. The molecule has 2 aliphatic rings. The Morgan fingerprint density at radius 3 is 2.46 bits per heavy atom. The average Bonchev–Trinajstić information content (AvgIpc) is 3.25. The second kappa shape index (κ2) is 11.1. The third-order valence-corrected chi connectivity index (χ3v) is 7.91. The number of esters is 1. The van der Waals surface area contributed by atoms with Gasteiger partial charge in [-0.2, -0.15) is 0 Å². The number of hydrogen-bond acceptors (Lipinski definition) is 5. The van der Waals surface area contributed by atoms with Crippen molar-refractivity contribution in [2.75, 3.05) is 20.8 Å². The van der Waals surface area contributed by atoms with Gasteiger partial charge in [0, 0.05) is 29.4 Å². The smallest absolute Gasteiger partial charge is 0.340 e. The molecule has 1 fully saturated rings. The van der Waals surface area contributed by atoms with E-state index in [1.165, 1.54) is 6.07 Å². The monoisotopic (exact) mass is 534 g/mol. The molecule has 39 heavy (non-hydrogen) atoms. The molecule has 8 heteroatoms. The number of benzene rings is 2. The van der Waals surface area contributed by atoms with Crippen LogP contribution in [0.4, 0.5) is 4.39 Å². The number of methoxy groups -OCH3 is 2. The average molecular weight is 535 g/mol. The molecule has 3 aromatic rings. The van der Waals surface area contributed by atoms with E-state index in [1.54, 1.807) is 33.3 Å². The molecule has 206 valence electrons. The second-order valence-electron chi connectivity index (χ2n) is 10.2. The number of rotatable bonds is 7. The summed E-state index contributed by atoms with van der Waals surface area (Å²) in [5.74, 6) is -0.304. The Morgan fingerprint density at radius 2 is 1.77 bits per heavy atom. The van der Waals surface area contributed by atoms with E-state index >= 15 is 0 Å². The van der Waals surface area contributed by atoms with Gasteiger partial charge in [0.1, 0.15) is 5.82 Å². The summed E-state index contributed by atoms with van der Waals surface area (Å²) in [6.45, 7) is 4.56. The van der Waals surface area contributed by atoms with Crippen LogP contribution >= 0.6 is 0 Å². The fourth-order valence-corrected chi connectivity index (χ4v) is 6.00. The number of nitrogens with one attached hydrogen (secondary N) is 1. The van der Waals surface area contributed by atoms with Crippen molar-refractivity contribution in [3.05, 3.63) is 58.5 Å². The van der Waals surface area contributed by atoms with E-state index in [2.05, 4.69) is 9.88 Å². The van der Waals surface area contributed by atoms with Gasteiger partial charge in [-0.25, -0.2) is 9.18 Å². The van der Waals surface area contributed by atoms with E-state index in [1.807, 2.05) is 19.1 Å². The number of nitrogens with zero attached hydrogens (tertiary/aromatic N) is 1. The van der Waals surface area contributed by atoms with Crippen LogP contribution in [0.15, 0.2) is 30.3 Å². The highest BCUT2D eigenvalue weighted by atomic mass is 19.1. The summed E-state index contributed by atoms with van der Waals surface area (Å²) in [5.41, 5.74) is 5.05. The number of aromatic nitrogens is 1. The van der Waals surface area contributed by atoms with Crippen molar-refractivity contribution in [1.82, 2.24) is 9.88 Å². The number of ether oxygens (including phenoxy) is 3. The fraction of sp³-hybridized carbons (Fsp3) is 0.419. The van der Waals surface area contributed by atoms with Crippen molar-refractivity contribution in [3.63, 3.8) is 0 Å². The standard InChI is InChI=1S/C31H35FN2O5/c1-5-39-31(36)28-27(20-11-12-24(32)23(15-20)30(35)33-21-9-7-6-8-10-21)18(2)34-14-13-19-16-25(37-3)26(38-4)17-22(19)29(28)34/h11-12,15-17,21H,5-10,13-14H2,1-4H3,(H,33,35). The van der Waals surface area contributed by atoms with Crippen molar-refractivity contribution in [3.8, 4) is 33.9 Å². The van der Waals surface area contributed by atoms with E-state index in [4.69, 9.17) is 14.2 Å². The van der Waals surface area contributed by atoms with Crippen molar-refractivity contribution in [1.29, 1.82) is 0 Å². The van der Waals surface area contributed by atoms with Crippen LogP contribution in [-0.2, 0) is 17.7 Å². The van der Waals surface area contributed by atoms with Crippen LogP contribution in [0.1, 0.15) is 71.0 Å². The quantitative estimate of drug-likeness (QED) is 0.372. The molecular weight excluding hydrogens is 499 g/mol. The van der Waals surface area contributed by atoms with Crippen molar-refractivity contribution < 1.29 is 28.2 Å². The molecule has 0 saturated heterocycles. The lowest BCUT2D eigenvalue weighted by Crippen LogP contribution is -2.36. The van der Waals surface area contributed by atoms with Crippen molar-refractivity contribution in [2.45, 2.75) is 65.0 Å². The predicted molar refractivity (Wildman–Crippen MR) is 147 cm³/mol. The zero-order valence-electron chi connectivity index (χ0n) is 23.0. The predicted octanol–water partition coefficient (Wildman–Crippen LogP) is 6.08. The SMILES string of the molecule is CCOC(=O)c1c(-c2ccc(F)c(C(=O)NC3CCCCC3)c2)c(C)n2c1-c1cc(OC)c(OC)cc1CC2. The number of hydrogen-bond donors (Lipinski definition) is 1. The number of fused-ring (bicyclic) bond motifs is 3. The lowest BCUT2D eigenvalue weighted by molar-refractivity contribution is 0.0528. The zero-order valence-corrected chi connectivity index (χ0v) is 23.0. The van der Waals surface area contributed by atoms with Crippen LogP contribution in [0, 0.1) is 12.7 Å². The normalized spacial score (nSPS) is 14.8. The highest BCUT2D eigenvalue weighted by Crippen LogP contribution is 2.45. The lowest BCUT2D eigenvalue weighted by atomic mass is 9.92. The van der Waals surface area contributed by atoms with E-state index in [0.29, 0.717) is 34.7 Å². The van der Waals surface area contributed by atoms with E-state index in [9.17, 15) is 14.0 Å². The lowest BCUT2D eigenvalue weighted by Gasteiger charge is -2.23. The summed E-state index contributed by atoms with van der Waals surface area (Å²) in [6.07, 6.45) is 5.82. The Bertz CT molecular complexity index is 1420. The first-order valence-corrected chi connectivity index (χ1v) is 13.6. The maximum absolute atomic E-state index is 15.0. The number of carbonyl (C=O) groups excluding carboxylic acids is 2.